The minimum Gasteiger partial charge on any atom is -0.495 e. The van der Waals surface area contributed by atoms with E-state index in [0.717, 1.165) is 6.07 Å². The van der Waals surface area contributed by atoms with E-state index in [4.69, 9.17) is 22.1 Å². The number of rotatable bonds is 3. The van der Waals surface area contributed by atoms with Gasteiger partial charge in [0.05, 0.1) is 12.1 Å². The molecule has 2 nitrogen and oxygen atoms in total. The van der Waals surface area contributed by atoms with Gasteiger partial charge in [-0.2, -0.15) is 0 Å². The number of benzene rings is 1. The molecule has 16 heavy (non-hydrogen) atoms. The highest BCUT2D eigenvalue weighted by Gasteiger charge is 2.23. The van der Waals surface area contributed by atoms with Gasteiger partial charge in [-0.25, -0.2) is 8.78 Å². The third-order valence-electron chi connectivity index (χ3n) is 2.06. The van der Waals surface area contributed by atoms with Crippen LogP contribution in [0.3, 0.4) is 0 Å². The predicted octanol–water partition coefficient (Wildman–Crippen LogP) is 2.91. The molecular formula is C11H14ClF2NO. The maximum absolute atomic E-state index is 13.6. The Morgan fingerprint density at radius 2 is 2.00 bits per heavy atom. The largest absolute Gasteiger partial charge is 0.495 e. The first-order valence-electron chi connectivity index (χ1n) is 4.75. The molecule has 90 valence electrons. The summed E-state index contributed by atoms with van der Waals surface area (Å²) in [5, 5.41) is 0.0423. The number of ether oxygens (including phenoxy) is 1. The van der Waals surface area contributed by atoms with Crippen molar-refractivity contribution < 1.29 is 13.5 Å². The molecule has 1 rings (SSSR count). The van der Waals surface area contributed by atoms with Crippen molar-refractivity contribution in [3.8, 4) is 5.75 Å². The normalized spacial score (nSPS) is 11.7. The fraction of sp³-hybridized carbons (Fsp3) is 0.455. The quantitative estimate of drug-likeness (QED) is 0.836. The Morgan fingerprint density at radius 3 is 2.44 bits per heavy atom. The maximum atomic E-state index is 13.6. The van der Waals surface area contributed by atoms with E-state index >= 15 is 0 Å². The van der Waals surface area contributed by atoms with E-state index in [9.17, 15) is 8.78 Å². The summed E-state index contributed by atoms with van der Waals surface area (Å²) in [6.07, 6.45) is 0.138. The van der Waals surface area contributed by atoms with E-state index in [1.165, 1.54) is 7.11 Å². The van der Waals surface area contributed by atoms with Crippen molar-refractivity contribution in [2.24, 2.45) is 5.73 Å². The van der Waals surface area contributed by atoms with Crippen LogP contribution in [0.25, 0.3) is 0 Å². The van der Waals surface area contributed by atoms with Gasteiger partial charge < -0.3 is 10.5 Å². The summed E-state index contributed by atoms with van der Waals surface area (Å²) in [5.74, 6) is -1.82. The van der Waals surface area contributed by atoms with Crippen molar-refractivity contribution in [2.75, 3.05) is 7.11 Å². The zero-order valence-corrected chi connectivity index (χ0v) is 10.2. The molecule has 0 aliphatic carbocycles. The summed E-state index contributed by atoms with van der Waals surface area (Å²) in [6, 6.07) is 0.892. The van der Waals surface area contributed by atoms with Crippen LogP contribution in [0.2, 0.25) is 5.02 Å². The lowest BCUT2D eigenvalue weighted by molar-refractivity contribution is 0.387. The van der Waals surface area contributed by atoms with Gasteiger partial charge in [0.15, 0.2) is 11.6 Å². The van der Waals surface area contributed by atoms with Gasteiger partial charge in [0.2, 0.25) is 0 Å². The molecule has 0 bridgehead atoms. The minimum atomic E-state index is -0.995. The molecule has 5 heteroatoms. The van der Waals surface area contributed by atoms with Crippen LogP contribution >= 0.6 is 11.6 Å². The van der Waals surface area contributed by atoms with E-state index in [1.54, 1.807) is 13.8 Å². The molecular weight excluding hydrogens is 236 g/mol. The van der Waals surface area contributed by atoms with Crippen LogP contribution in [0, 0.1) is 11.6 Å². The number of hydrogen-bond acceptors (Lipinski definition) is 2. The molecule has 0 saturated heterocycles. The van der Waals surface area contributed by atoms with Crippen molar-refractivity contribution in [3.63, 3.8) is 0 Å². The predicted molar refractivity (Wildman–Crippen MR) is 59.9 cm³/mol. The molecule has 0 amide bonds. The monoisotopic (exact) mass is 249 g/mol. The van der Waals surface area contributed by atoms with Crippen LogP contribution in [0.5, 0.6) is 5.75 Å². The lowest BCUT2D eigenvalue weighted by atomic mass is 9.95. The van der Waals surface area contributed by atoms with Gasteiger partial charge in [-0.3, -0.25) is 0 Å². The van der Waals surface area contributed by atoms with Crippen molar-refractivity contribution in [2.45, 2.75) is 25.8 Å². The molecule has 0 fully saturated rings. The van der Waals surface area contributed by atoms with Gasteiger partial charge in [-0.15, -0.1) is 0 Å². The van der Waals surface area contributed by atoms with Crippen LogP contribution in [0.4, 0.5) is 8.78 Å². The van der Waals surface area contributed by atoms with E-state index in [2.05, 4.69) is 0 Å². The molecule has 0 saturated carbocycles. The van der Waals surface area contributed by atoms with Crippen LogP contribution in [-0.4, -0.2) is 12.6 Å². The molecule has 1 aromatic rings. The fourth-order valence-corrected chi connectivity index (χ4v) is 1.75. The van der Waals surface area contributed by atoms with Crippen molar-refractivity contribution in [3.05, 3.63) is 28.3 Å². The molecule has 2 N–H and O–H groups in total. The molecule has 0 spiro atoms. The second-order valence-electron chi connectivity index (χ2n) is 4.33. The van der Waals surface area contributed by atoms with Crippen molar-refractivity contribution in [1.82, 2.24) is 0 Å². The van der Waals surface area contributed by atoms with Gasteiger partial charge in [-0.1, -0.05) is 11.6 Å². The SMILES string of the molecule is COc1c(Cl)cc(F)c(F)c1CC(C)(C)N. The first-order valence-corrected chi connectivity index (χ1v) is 5.13. The third-order valence-corrected chi connectivity index (χ3v) is 2.34. The topological polar surface area (TPSA) is 35.2 Å². The summed E-state index contributed by atoms with van der Waals surface area (Å²) < 4.78 is 31.7. The van der Waals surface area contributed by atoms with Gasteiger partial charge in [0.1, 0.15) is 5.75 Å². The Labute approximate surface area is 98.3 Å². The lowest BCUT2D eigenvalue weighted by Crippen LogP contribution is -2.35. The van der Waals surface area contributed by atoms with Gasteiger partial charge in [-0.05, 0) is 26.3 Å². The Kier molecular flexibility index (Phi) is 3.76. The standard InChI is InChI=1S/C11H14ClF2NO/c1-11(2,15)5-6-9(14)8(13)4-7(12)10(6)16-3/h4H,5,15H2,1-3H3. The lowest BCUT2D eigenvalue weighted by Gasteiger charge is -2.21. The average molecular weight is 250 g/mol. The van der Waals surface area contributed by atoms with Crippen molar-refractivity contribution >= 4 is 11.6 Å². The summed E-state index contributed by atoms with van der Waals surface area (Å²) in [7, 11) is 1.35. The molecule has 0 aliphatic heterocycles. The number of nitrogens with two attached hydrogens (primary N) is 1. The molecule has 1 aromatic carbocycles. The summed E-state index contributed by atoms with van der Waals surface area (Å²) in [6.45, 7) is 3.43. The van der Waals surface area contributed by atoms with Crippen molar-refractivity contribution in [1.29, 1.82) is 0 Å². The second-order valence-corrected chi connectivity index (χ2v) is 4.74. The van der Waals surface area contributed by atoms with Gasteiger partial charge in [0, 0.05) is 11.1 Å². The minimum absolute atomic E-state index is 0.0423. The number of methoxy groups -OCH3 is 1. The molecule has 0 atom stereocenters. The molecule has 0 aromatic heterocycles. The fourth-order valence-electron chi connectivity index (χ4n) is 1.46. The summed E-state index contributed by atoms with van der Waals surface area (Å²) in [5.41, 5.74) is 5.17. The number of halogens is 3. The highest BCUT2D eigenvalue weighted by molar-refractivity contribution is 6.32. The van der Waals surface area contributed by atoms with Crippen LogP contribution in [0.15, 0.2) is 6.07 Å². The maximum Gasteiger partial charge on any atom is 0.165 e. The zero-order chi connectivity index (χ0) is 12.5. The highest BCUT2D eigenvalue weighted by Crippen LogP contribution is 2.34. The Bertz CT molecular complexity index is 402. The second kappa shape index (κ2) is 4.55. The molecule has 0 radical (unpaired) electrons. The highest BCUT2D eigenvalue weighted by atomic mass is 35.5. The molecule has 0 unspecified atom stereocenters. The molecule has 0 aliphatic rings. The Morgan fingerprint density at radius 1 is 1.44 bits per heavy atom. The van der Waals surface area contributed by atoms with E-state index in [0.29, 0.717) is 0 Å². The Balaban J connectivity index is 3.33. The van der Waals surface area contributed by atoms with Crippen LogP contribution < -0.4 is 10.5 Å². The zero-order valence-electron chi connectivity index (χ0n) is 9.40. The average Bonchev–Trinajstić information content (AvgIpc) is 2.12. The summed E-state index contributed by atoms with van der Waals surface area (Å²) >= 11 is 5.76. The molecule has 0 heterocycles. The van der Waals surface area contributed by atoms with E-state index < -0.39 is 17.2 Å². The number of hydrogen-bond donors (Lipinski definition) is 1. The Hall–Kier alpha value is -0.870. The van der Waals surface area contributed by atoms with E-state index in [1.807, 2.05) is 0 Å². The third kappa shape index (κ3) is 2.83. The van der Waals surface area contributed by atoms with E-state index in [-0.39, 0.29) is 22.8 Å². The van der Waals surface area contributed by atoms with Crippen LogP contribution in [-0.2, 0) is 6.42 Å². The van der Waals surface area contributed by atoms with Gasteiger partial charge in [0.25, 0.3) is 0 Å². The smallest absolute Gasteiger partial charge is 0.165 e. The summed E-state index contributed by atoms with van der Waals surface area (Å²) in [4.78, 5) is 0. The first kappa shape index (κ1) is 13.2. The van der Waals surface area contributed by atoms with Gasteiger partial charge >= 0.3 is 0 Å². The van der Waals surface area contributed by atoms with Crippen LogP contribution in [0.1, 0.15) is 19.4 Å². The first-order chi connectivity index (χ1) is 7.26.